The second kappa shape index (κ2) is 5.83. The largest absolute Gasteiger partial charge is 0.487 e. The molecular weight excluding hydrogens is 334 g/mol. The lowest BCUT2D eigenvalue weighted by molar-refractivity contribution is 0.0771. The molecule has 0 N–H and O–H groups in total. The Hall–Kier alpha value is -2.33. The molecule has 2 fully saturated rings. The number of fused-ring (bicyclic) bond motifs is 3. The molecule has 138 valence electrons. The van der Waals surface area contributed by atoms with Crippen molar-refractivity contribution in [1.82, 2.24) is 14.3 Å². The highest BCUT2D eigenvalue weighted by molar-refractivity contribution is 5.67. The predicted octanol–water partition coefficient (Wildman–Crippen LogP) is 4.32. The van der Waals surface area contributed by atoms with E-state index < -0.39 is 0 Å². The first-order valence-electron chi connectivity index (χ1n) is 10.3. The van der Waals surface area contributed by atoms with Crippen LogP contribution in [0, 0.1) is 0 Å². The van der Waals surface area contributed by atoms with Gasteiger partial charge in [-0.3, -0.25) is 0 Å². The first-order valence-corrected chi connectivity index (χ1v) is 10.3. The molecule has 2 unspecified atom stereocenters. The second-order valence-corrected chi connectivity index (χ2v) is 8.52. The van der Waals surface area contributed by atoms with E-state index in [2.05, 4.69) is 50.8 Å². The van der Waals surface area contributed by atoms with Gasteiger partial charge in [0.15, 0.2) is 0 Å². The monoisotopic (exact) mass is 359 g/mol. The third-order valence-electron chi connectivity index (χ3n) is 6.91. The summed E-state index contributed by atoms with van der Waals surface area (Å²) >= 11 is 0. The summed E-state index contributed by atoms with van der Waals surface area (Å²) in [6.45, 7) is 2.48. The van der Waals surface area contributed by atoms with Gasteiger partial charge in [-0.05, 0) is 73.2 Å². The van der Waals surface area contributed by atoms with Gasteiger partial charge in [0.2, 0.25) is 0 Å². The van der Waals surface area contributed by atoms with Crippen molar-refractivity contribution in [3.63, 3.8) is 0 Å². The quantitative estimate of drug-likeness (QED) is 0.648. The van der Waals surface area contributed by atoms with Gasteiger partial charge in [0.1, 0.15) is 17.0 Å². The molecule has 3 aromatic rings. The van der Waals surface area contributed by atoms with Crippen LogP contribution in [0.15, 0.2) is 48.9 Å². The van der Waals surface area contributed by atoms with E-state index in [1.807, 2.05) is 12.4 Å². The van der Waals surface area contributed by atoms with Gasteiger partial charge in [-0.1, -0.05) is 6.07 Å². The summed E-state index contributed by atoms with van der Waals surface area (Å²) in [6.07, 6.45) is 13.5. The maximum absolute atomic E-state index is 6.59. The topological polar surface area (TPSA) is 29.8 Å². The molecule has 1 spiro atoms. The highest BCUT2D eigenvalue weighted by Crippen LogP contribution is 2.44. The summed E-state index contributed by atoms with van der Waals surface area (Å²) in [7, 11) is 0. The van der Waals surface area contributed by atoms with Crippen LogP contribution in [0.3, 0.4) is 0 Å². The molecular formula is C23H25N3O. The van der Waals surface area contributed by atoms with Gasteiger partial charge in [0.05, 0.1) is 0 Å². The SMILES string of the molecule is c1cn2cc(-c3ccc4c(c3)CC3(CCC5CCCN5CC3)O4)ccc2n1. The lowest BCUT2D eigenvalue weighted by Gasteiger charge is -2.27. The van der Waals surface area contributed by atoms with Crippen LogP contribution in [0.25, 0.3) is 16.8 Å². The van der Waals surface area contributed by atoms with Crippen molar-refractivity contribution in [3.8, 4) is 16.9 Å². The van der Waals surface area contributed by atoms with Gasteiger partial charge in [-0.15, -0.1) is 0 Å². The van der Waals surface area contributed by atoms with Crippen molar-refractivity contribution in [2.24, 2.45) is 0 Å². The average molecular weight is 359 g/mol. The normalized spacial score (nSPS) is 27.5. The van der Waals surface area contributed by atoms with Crippen LogP contribution in [0.4, 0.5) is 0 Å². The number of rotatable bonds is 1. The van der Waals surface area contributed by atoms with E-state index in [0.29, 0.717) is 0 Å². The fourth-order valence-electron chi connectivity index (χ4n) is 5.40. The number of nitrogens with zero attached hydrogens (tertiary/aromatic N) is 3. The molecule has 0 radical (unpaired) electrons. The van der Waals surface area contributed by atoms with E-state index in [4.69, 9.17) is 4.74 Å². The number of pyridine rings is 1. The highest BCUT2D eigenvalue weighted by Gasteiger charge is 2.43. The van der Waals surface area contributed by atoms with E-state index >= 15 is 0 Å². The molecule has 2 atom stereocenters. The molecule has 4 nitrogen and oxygen atoms in total. The lowest BCUT2D eigenvalue weighted by atomic mass is 9.88. The minimum Gasteiger partial charge on any atom is -0.487 e. The molecule has 0 bridgehead atoms. The smallest absolute Gasteiger partial charge is 0.136 e. The van der Waals surface area contributed by atoms with E-state index in [-0.39, 0.29) is 5.60 Å². The average Bonchev–Trinajstić information content (AvgIpc) is 3.39. The molecule has 3 aliphatic rings. The Labute approximate surface area is 159 Å². The van der Waals surface area contributed by atoms with Crippen LogP contribution in [0.5, 0.6) is 5.75 Å². The van der Waals surface area contributed by atoms with Gasteiger partial charge in [-0.2, -0.15) is 0 Å². The molecule has 27 heavy (non-hydrogen) atoms. The van der Waals surface area contributed by atoms with E-state index in [1.54, 1.807) is 0 Å². The maximum atomic E-state index is 6.59. The number of hydrogen-bond donors (Lipinski definition) is 0. The Bertz CT molecular complexity index is 994. The first kappa shape index (κ1) is 15.7. The summed E-state index contributed by atoms with van der Waals surface area (Å²) in [5.41, 5.74) is 4.88. The van der Waals surface area contributed by atoms with Crippen LogP contribution in [-0.2, 0) is 6.42 Å². The molecule has 3 aliphatic heterocycles. The van der Waals surface area contributed by atoms with Crippen molar-refractivity contribution in [2.45, 2.75) is 50.2 Å². The number of aromatic nitrogens is 2. The van der Waals surface area contributed by atoms with Gasteiger partial charge in [0.25, 0.3) is 0 Å². The molecule has 2 saturated heterocycles. The summed E-state index contributed by atoms with van der Waals surface area (Å²) in [4.78, 5) is 7.04. The molecule has 6 rings (SSSR count). The van der Waals surface area contributed by atoms with Crippen molar-refractivity contribution in [3.05, 3.63) is 54.5 Å². The van der Waals surface area contributed by atoms with Crippen LogP contribution >= 0.6 is 0 Å². The number of ether oxygens (including phenoxy) is 1. The first-order chi connectivity index (χ1) is 13.3. The van der Waals surface area contributed by atoms with E-state index in [9.17, 15) is 0 Å². The maximum Gasteiger partial charge on any atom is 0.136 e. The summed E-state index contributed by atoms with van der Waals surface area (Å²) in [5.74, 6) is 1.10. The zero-order valence-electron chi connectivity index (χ0n) is 15.6. The van der Waals surface area contributed by atoms with Gasteiger partial charge in [-0.25, -0.2) is 4.98 Å². The van der Waals surface area contributed by atoms with Crippen molar-refractivity contribution in [2.75, 3.05) is 13.1 Å². The van der Waals surface area contributed by atoms with Crippen molar-refractivity contribution < 1.29 is 4.74 Å². The molecule has 0 amide bonds. The van der Waals surface area contributed by atoms with Crippen molar-refractivity contribution in [1.29, 1.82) is 0 Å². The van der Waals surface area contributed by atoms with Crippen LogP contribution in [-0.4, -0.2) is 39.0 Å². The second-order valence-electron chi connectivity index (χ2n) is 8.52. The van der Waals surface area contributed by atoms with Crippen molar-refractivity contribution >= 4 is 5.65 Å². The standard InChI is InChI=1S/C23H25N3O/c1-2-20-7-8-23(9-12-25(20)11-1)15-19-14-17(3-5-21(19)27-23)18-4-6-22-24-10-13-26(22)16-18/h3-6,10,13-14,16,20H,1-2,7-9,11-12,15H2. The Balaban J connectivity index is 1.29. The minimum absolute atomic E-state index is 0.0274. The van der Waals surface area contributed by atoms with Crippen LogP contribution in [0.2, 0.25) is 0 Å². The fourth-order valence-corrected chi connectivity index (χ4v) is 5.40. The van der Waals surface area contributed by atoms with Gasteiger partial charge < -0.3 is 14.0 Å². The van der Waals surface area contributed by atoms with E-state index in [0.717, 1.165) is 30.3 Å². The molecule has 0 aliphatic carbocycles. The molecule has 0 saturated carbocycles. The Morgan fingerprint density at radius 2 is 2.00 bits per heavy atom. The summed E-state index contributed by atoms with van der Waals surface area (Å²) in [5, 5.41) is 0. The Morgan fingerprint density at radius 1 is 1.04 bits per heavy atom. The molecule has 1 aromatic carbocycles. The number of imidazole rings is 1. The Kier molecular flexibility index (Phi) is 3.39. The zero-order chi connectivity index (χ0) is 17.8. The molecule has 4 heteroatoms. The van der Waals surface area contributed by atoms with E-state index in [1.165, 1.54) is 55.5 Å². The zero-order valence-corrected chi connectivity index (χ0v) is 15.6. The van der Waals surface area contributed by atoms with Gasteiger partial charge in [0, 0.05) is 44.0 Å². The van der Waals surface area contributed by atoms with Crippen LogP contribution < -0.4 is 4.74 Å². The highest BCUT2D eigenvalue weighted by atomic mass is 16.5. The molecule has 2 aromatic heterocycles. The summed E-state index contributed by atoms with van der Waals surface area (Å²) < 4.78 is 8.67. The van der Waals surface area contributed by atoms with Gasteiger partial charge >= 0.3 is 0 Å². The lowest BCUT2D eigenvalue weighted by Crippen LogP contribution is -2.35. The molecule has 5 heterocycles. The number of benzene rings is 1. The minimum atomic E-state index is 0.0274. The third kappa shape index (κ3) is 2.58. The fraction of sp³-hybridized carbons (Fsp3) is 0.435. The summed E-state index contributed by atoms with van der Waals surface area (Å²) in [6, 6.07) is 11.8. The van der Waals surface area contributed by atoms with Crippen LogP contribution in [0.1, 0.15) is 37.7 Å². The number of hydrogen-bond acceptors (Lipinski definition) is 3. The Morgan fingerprint density at radius 3 is 3.00 bits per heavy atom. The third-order valence-corrected chi connectivity index (χ3v) is 6.91. The predicted molar refractivity (Wildman–Crippen MR) is 106 cm³/mol.